The van der Waals surface area contributed by atoms with Crippen molar-refractivity contribution >= 4 is 21.6 Å². The zero-order valence-electron chi connectivity index (χ0n) is 18.8. The maximum atomic E-state index is 13.1. The summed E-state index contributed by atoms with van der Waals surface area (Å²) in [7, 11) is -3.53. The fourth-order valence-corrected chi connectivity index (χ4v) is 6.04. The van der Waals surface area contributed by atoms with Gasteiger partial charge < -0.3 is 10.1 Å². The summed E-state index contributed by atoms with van der Waals surface area (Å²) in [5, 5.41) is 2.77. The van der Waals surface area contributed by atoms with E-state index in [2.05, 4.69) is 5.32 Å². The molecular formula is C24H32N2O4S. The summed E-state index contributed by atoms with van der Waals surface area (Å²) in [6.07, 6.45) is 3.68. The monoisotopic (exact) mass is 444 g/mol. The maximum absolute atomic E-state index is 13.1. The molecule has 1 atom stereocenters. The molecule has 2 aromatic carbocycles. The molecule has 1 heterocycles. The molecule has 1 aliphatic heterocycles. The first-order valence-electron chi connectivity index (χ1n) is 10.8. The normalized spacial score (nSPS) is 17.4. The number of sulfonamides is 1. The molecule has 0 aliphatic carbocycles. The van der Waals surface area contributed by atoms with Gasteiger partial charge in [0.25, 0.3) is 5.91 Å². The fraction of sp³-hybridized carbons (Fsp3) is 0.458. The van der Waals surface area contributed by atoms with Crippen molar-refractivity contribution in [2.45, 2.75) is 64.3 Å². The smallest absolute Gasteiger partial charge is 0.262 e. The zero-order valence-corrected chi connectivity index (χ0v) is 19.6. The Bertz CT molecular complexity index is 1010. The molecule has 1 N–H and O–H groups in total. The fourth-order valence-electron chi connectivity index (χ4n) is 4.27. The number of amides is 1. The number of nitrogens with zero attached hydrogens (tertiary/aromatic N) is 1. The molecule has 1 saturated heterocycles. The Morgan fingerprint density at radius 2 is 1.74 bits per heavy atom. The molecule has 1 aliphatic rings. The number of anilines is 1. The van der Waals surface area contributed by atoms with Crippen LogP contribution in [0.1, 0.15) is 49.3 Å². The summed E-state index contributed by atoms with van der Waals surface area (Å²) in [6, 6.07) is 10.5. The van der Waals surface area contributed by atoms with E-state index in [9.17, 15) is 13.2 Å². The second-order valence-corrected chi connectivity index (χ2v) is 10.2. The molecule has 0 unspecified atom stereocenters. The van der Waals surface area contributed by atoms with Gasteiger partial charge in [0.1, 0.15) is 5.75 Å². The van der Waals surface area contributed by atoms with Gasteiger partial charge in [-0.05, 0) is 75.4 Å². The molecule has 0 radical (unpaired) electrons. The summed E-state index contributed by atoms with van der Waals surface area (Å²) in [5.41, 5.74) is 3.66. The van der Waals surface area contributed by atoms with Gasteiger partial charge in [-0.2, -0.15) is 4.31 Å². The third kappa shape index (κ3) is 5.46. The van der Waals surface area contributed by atoms with Crippen LogP contribution in [0, 0.1) is 20.8 Å². The molecule has 0 saturated carbocycles. The predicted octanol–water partition coefficient (Wildman–Crippen LogP) is 4.58. The van der Waals surface area contributed by atoms with Crippen LogP contribution in [0.3, 0.4) is 0 Å². The van der Waals surface area contributed by atoms with Crippen LogP contribution in [-0.2, 0) is 14.8 Å². The zero-order chi connectivity index (χ0) is 22.6. The van der Waals surface area contributed by atoms with Crippen molar-refractivity contribution in [2.24, 2.45) is 0 Å². The lowest BCUT2D eigenvalue weighted by atomic mass is 10.0. The number of carbonyl (C=O) groups excluding carboxylic acids is 1. The van der Waals surface area contributed by atoms with Crippen molar-refractivity contribution in [3.8, 4) is 5.75 Å². The van der Waals surface area contributed by atoms with Crippen LogP contribution in [0.2, 0.25) is 0 Å². The van der Waals surface area contributed by atoms with Gasteiger partial charge in [-0.25, -0.2) is 8.42 Å². The van der Waals surface area contributed by atoms with Gasteiger partial charge in [-0.1, -0.05) is 31.0 Å². The molecule has 31 heavy (non-hydrogen) atoms. The number of rotatable bonds is 7. The average Bonchev–Trinajstić information content (AvgIpc) is 2.73. The van der Waals surface area contributed by atoms with Gasteiger partial charge in [0, 0.05) is 18.3 Å². The predicted molar refractivity (Wildman–Crippen MR) is 123 cm³/mol. The van der Waals surface area contributed by atoms with Crippen LogP contribution >= 0.6 is 0 Å². The summed E-state index contributed by atoms with van der Waals surface area (Å²) >= 11 is 0. The van der Waals surface area contributed by atoms with E-state index < -0.39 is 10.0 Å². The van der Waals surface area contributed by atoms with E-state index in [4.69, 9.17) is 4.74 Å². The van der Waals surface area contributed by atoms with Crippen LogP contribution in [0.25, 0.3) is 0 Å². The summed E-state index contributed by atoms with van der Waals surface area (Å²) in [4.78, 5) is 12.6. The Hall–Kier alpha value is -2.38. The van der Waals surface area contributed by atoms with Crippen LogP contribution in [-0.4, -0.2) is 37.8 Å². The van der Waals surface area contributed by atoms with Crippen molar-refractivity contribution in [2.75, 3.05) is 18.5 Å². The molecular weight excluding hydrogens is 412 g/mol. The average molecular weight is 445 g/mol. The maximum Gasteiger partial charge on any atom is 0.262 e. The standard InChI is InChI=1S/C24H32N2O4S/c1-5-21-8-6-7-13-26(21)31(28,29)22-11-9-20(10-12-22)25-23(27)16-30-24-18(3)14-17(2)15-19(24)4/h9-12,14-15,21H,5-8,13,16H2,1-4H3,(H,25,27)/t21-/m0/s1. The molecule has 3 rings (SSSR count). The third-order valence-corrected chi connectivity index (χ3v) is 7.71. The van der Waals surface area contributed by atoms with Gasteiger partial charge in [0.2, 0.25) is 10.0 Å². The van der Waals surface area contributed by atoms with Crippen LogP contribution in [0.5, 0.6) is 5.75 Å². The topological polar surface area (TPSA) is 75.7 Å². The van der Waals surface area contributed by atoms with Gasteiger partial charge in [-0.3, -0.25) is 4.79 Å². The van der Waals surface area contributed by atoms with Crippen molar-refractivity contribution in [1.82, 2.24) is 4.31 Å². The molecule has 168 valence electrons. The number of ether oxygens (including phenoxy) is 1. The first-order chi connectivity index (χ1) is 14.7. The molecule has 1 amide bonds. The Balaban J connectivity index is 1.63. The largest absolute Gasteiger partial charge is 0.483 e. The number of carbonyl (C=O) groups is 1. The van der Waals surface area contributed by atoms with E-state index in [-0.39, 0.29) is 23.5 Å². The Morgan fingerprint density at radius 3 is 2.35 bits per heavy atom. The highest BCUT2D eigenvalue weighted by molar-refractivity contribution is 7.89. The number of hydrogen-bond donors (Lipinski definition) is 1. The highest BCUT2D eigenvalue weighted by Gasteiger charge is 2.32. The molecule has 1 fully saturated rings. The van der Waals surface area contributed by atoms with E-state index >= 15 is 0 Å². The van der Waals surface area contributed by atoms with Gasteiger partial charge >= 0.3 is 0 Å². The van der Waals surface area contributed by atoms with Crippen LogP contribution < -0.4 is 10.1 Å². The molecule has 6 nitrogen and oxygen atoms in total. The van der Waals surface area contributed by atoms with E-state index in [0.29, 0.717) is 18.0 Å². The quantitative estimate of drug-likeness (QED) is 0.678. The lowest BCUT2D eigenvalue weighted by Crippen LogP contribution is -2.43. The molecule has 0 aromatic heterocycles. The minimum atomic E-state index is -3.53. The van der Waals surface area contributed by atoms with Gasteiger partial charge in [0.15, 0.2) is 6.61 Å². The number of hydrogen-bond acceptors (Lipinski definition) is 4. The van der Waals surface area contributed by atoms with E-state index in [1.165, 1.54) is 0 Å². The summed E-state index contributed by atoms with van der Waals surface area (Å²) in [5.74, 6) is 0.422. The molecule has 2 aromatic rings. The third-order valence-electron chi connectivity index (χ3n) is 5.74. The van der Waals surface area contributed by atoms with E-state index in [1.54, 1.807) is 28.6 Å². The van der Waals surface area contributed by atoms with Gasteiger partial charge in [-0.15, -0.1) is 0 Å². The second-order valence-electron chi connectivity index (χ2n) is 8.26. The lowest BCUT2D eigenvalue weighted by molar-refractivity contribution is -0.118. The highest BCUT2D eigenvalue weighted by Crippen LogP contribution is 2.28. The van der Waals surface area contributed by atoms with Crippen molar-refractivity contribution in [3.05, 3.63) is 53.1 Å². The highest BCUT2D eigenvalue weighted by atomic mass is 32.2. The summed E-state index contributed by atoms with van der Waals surface area (Å²) in [6.45, 7) is 8.41. The Kier molecular flexibility index (Phi) is 7.38. The minimum absolute atomic E-state index is 0.0592. The minimum Gasteiger partial charge on any atom is -0.483 e. The first-order valence-corrected chi connectivity index (χ1v) is 12.3. The number of piperidine rings is 1. The second kappa shape index (κ2) is 9.83. The van der Waals surface area contributed by atoms with Crippen molar-refractivity contribution in [1.29, 1.82) is 0 Å². The molecule has 0 spiro atoms. The Morgan fingerprint density at radius 1 is 1.10 bits per heavy atom. The summed E-state index contributed by atoms with van der Waals surface area (Å²) < 4.78 is 33.5. The molecule has 0 bridgehead atoms. The van der Waals surface area contributed by atoms with E-state index in [1.807, 2.05) is 39.8 Å². The van der Waals surface area contributed by atoms with Crippen molar-refractivity contribution < 1.29 is 17.9 Å². The van der Waals surface area contributed by atoms with Crippen LogP contribution in [0.15, 0.2) is 41.3 Å². The van der Waals surface area contributed by atoms with Crippen molar-refractivity contribution in [3.63, 3.8) is 0 Å². The number of aryl methyl sites for hydroxylation is 3. The van der Waals surface area contributed by atoms with E-state index in [0.717, 1.165) is 42.4 Å². The number of nitrogens with one attached hydrogen (secondary N) is 1. The first kappa shape index (κ1) is 23.3. The van der Waals surface area contributed by atoms with Crippen LogP contribution in [0.4, 0.5) is 5.69 Å². The van der Waals surface area contributed by atoms with Gasteiger partial charge in [0.05, 0.1) is 4.90 Å². The lowest BCUT2D eigenvalue weighted by Gasteiger charge is -2.34. The molecule has 7 heteroatoms. The Labute approximate surface area is 185 Å². The number of benzene rings is 2. The SMILES string of the molecule is CC[C@H]1CCCCN1S(=O)(=O)c1ccc(NC(=O)COc2c(C)cc(C)cc2C)cc1.